The number of nitrogens with one attached hydrogen (secondary N) is 2. The Kier molecular flexibility index (Phi) is 14.2. The second kappa shape index (κ2) is 15.1. The lowest BCUT2D eigenvalue weighted by Crippen LogP contribution is -2.56. The lowest BCUT2D eigenvalue weighted by Gasteiger charge is -2.32. The molecule has 0 aliphatic heterocycles. The van der Waals surface area contributed by atoms with Gasteiger partial charge in [0.15, 0.2) is 0 Å². The number of carbonyl (C=O) groups excluding carboxylic acids is 3. The average Bonchev–Trinajstić information content (AvgIpc) is 2.68. The molecular formula is C27H50N2O6. The van der Waals surface area contributed by atoms with Crippen LogP contribution in [-0.2, 0) is 19.1 Å². The van der Waals surface area contributed by atoms with Crippen molar-refractivity contribution >= 4 is 18.0 Å². The second-order valence-electron chi connectivity index (χ2n) is 11.5. The molecule has 0 bridgehead atoms. The Bertz CT molecular complexity index is 703. The van der Waals surface area contributed by atoms with Gasteiger partial charge in [-0.15, -0.1) is 0 Å². The van der Waals surface area contributed by atoms with Gasteiger partial charge in [-0.3, -0.25) is 4.79 Å². The first kappa shape index (κ1) is 32.9. The molecule has 35 heavy (non-hydrogen) atoms. The smallest absolute Gasteiger partial charge is 0.408 e. The number of aliphatic hydroxyl groups excluding tert-OH is 1. The topological polar surface area (TPSA) is 114 Å². The number of carbonyl (C=O) groups is 3. The molecule has 8 nitrogen and oxygen atoms in total. The van der Waals surface area contributed by atoms with Crippen LogP contribution < -0.4 is 10.6 Å². The lowest BCUT2D eigenvalue weighted by atomic mass is 9.85. The zero-order chi connectivity index (χ0) is 27.4. The zero-order valence-corrected chi connectivity index (χ0v) is 23.6. The third kappa shape index (κ3) is 14.2. The van der Waals surface area contributed by atoms with E-state index < -0.39 is 47.2 Å². The van der Waals surface area contributed by atoms with Crippen LogP contribution >= 0.6 is 0 Å². The molecule has 3 atom stereocenters. The van der Waals surface area contributed by atoms with Crippen LogP contribution in [0.4, 0.5) is 4.79 Å². The Morgan fingerprint density at radius 3 is 1.94 bits per heavy atom. The number of amides is 2. The van der Waals surface area contributed by atoms with E-state index in [-0.39, 0.29) is 12.5 Å². The van der Waals surface area contributed by atoms with Crippen LogP contribution in [-0.4, -0.2) is 53.0 Å². The number of rotatable bonds is 13. The molecule has 0 radical (unpaired) electrons. The van der Waals surface area contributed by atoms with E-state index in [4.69, 9.17) is 9.47 Å². The highest BCUT2D eigenvalue weighted by Gasteiger charge is 2.36. The van der Waals surface area contributed by atoms with Gasteiger partial charge in [0.25, 0.3) is 0 Å². The van der Waals surface area contributed by atoms with E-state index in [1.165, 1.54) is 0 Å². The number of esters is 1. The highest BCUT2D eigenvalue weighted by Crippen LogP contribution is 2.24. The molecule has 0 rings (SSSR count). The number of allylic oxidation sites excluding steroid dienone is 1. The number of aliphatic hydroxyl groups is 1. The number of hydrogen-bond acceptors (Lipinski definition) is 6. The highest BCUT2D eigenvalue weighted by molar-refractivity contribution is 5.90. The summed E-state index contributed by atoms with van der Waals surface area (Å²) in [7, 11) is 0. The van der Waals surface area contributed by atoms with Crippen molar-refractivity contribution in [3.8, 4) is 0 Å². The minimum atomic E-state index is -1.03. The predicted molar refractivity (Wildman–Crippen MR) is 139 cm³/mol. The Morgan fingerprint density at radius 1 is 0.943 bits per heavy atom. The molecule has 8 heteroatoms. The average molecular weight is 499 g/mol. The number of hydrogen-bond donors (Lipinski definition) is 3. The van der Waals surface area contributed by atoms with Crippen LogP contribution in [0, 0.1) is 11.8 Å². The molecule has 0 aromatic carbocycles. The third-order valence-corrected chi connectivity index (χ3v) is 5.22. The van der Waals surface area contributed by atoms with Crippen LogP contribution in [0.3, 0.4) is 0 Å². The summed E-state index contributed by atoms with van der Waals surface area (Å²) in [5, 5.41) is 15.5. The molecule has 2 amide bonds. The Morgan fingerprint density at radius 2 is 1.51 bits per heavy atom. The summed E-state index contributed by atoms with van der Waals surface area (Å²) in [4.78, 5) is 39.2. The van der Waals surface area contributed by atoms with Crippen molar-refractivity contribution in [3.05, 3.63) is 11.6 Å². The quantitative estimate of drug-likeness (QED) is 0.189. The number of ether oxygens (including phenoxy) is 2. The van der Waals surface area contributed by atoms with E-state index >= 15 is 0 Å². The van der Waals surface area contributed by atoms with Crippen LogP contribution in [0.15, 0.2) is 11.6 Å². The summed E-state index contributed by atoms with van der Waals surface area (Å²) in [6, 6.07) is -1.90. The van der Waals surface area contributed by atoms with E-state index in [9.17, 15) is 19.5 Å². The van der Waals surface area contributed by atoms with E-state index in [1.54, 1.807) is 54.5 Å². The summed E-state index contributed by atoms with van der Waals surface area (Å²) in [5.41, 5.74) is -0.807. The van der Waals surface area contributed by atoms with E-state index in [0.717, 1.165) is 19.3 Å². The maximum absolute atomic E-state index is 13.6. The Hall–Kier alpha value is -2.09. The van der Waals surface area contributed by atoms with E-state index in [1.807, 2.05) is 13.8 Å². The number of alkyl carbamates (subject to hydrolysis) is 1. The van der Waals surface area contributed by atoms with Crippen LogP contribution in [0.1, 0.15) is 101 Å². The van der Waals surface area contributed by atoms with Gasteiger partial charge in [0, 0.05) is 5.92 Å². The maximum atomic E-state index is 13.6. The molecule has 0 aliphatic rings. The fourth-order valence-electron chi connectivity index (χ4n) is 3.71. The largest absolute Gasteiger partial charge is 0.458 e. The minimum Gasteiger partial charge on any atom is -0.458 e. The van der Waals surface area contributed by atoms with Gasteiger partial charge in [0.2, 0.25) is 5.91 Å². The van der Waals surface area contributed by atoms with Gasteiger partial charge in [0.1, 0.15) is 23.3 Å². The predicted octanol–water partition coefficient (Wildman–Crippen LogP) is 4.89. The maximum Gasteiger partial charge on any atom is 0.408 e. The number of unbranched alkanes of at least 4 members (excludes halogenated alkanes) is 2. The van der Waals surface area contributed by atoms with Crippen molar-refractivity contribution in [1.82, 2.24) is 10.6 Å². The summed E-state index contributed by atoms with van der Waals surface area (Å²) < 4.78 is 11.0. The molecule has 0 aliphatic carbocycles. The van der Waals surface area contributed by atoms with Crippen LogP contribution in [0.25, 0.3) is 0 Å². The fourth-order valence-corrected chi connectivity index (χ4v) is 3.71. The van der Waals surface area contributed by atoms with Crippen LogP contribution in [0.5, 0.6) is 0 Å². The molecule has 0 spiro atoms. The lowest BCUT2D eigenvalue weighted by molar-refractivity contribution is -0.159. The Labute approximate surface area is 212 Å². The van der Waals surface area contributed by atoms with E-state index in [2.05, 4.69) is 17.6 Å². The molecule has 0 aromatic heterocycles. The molecule has 204 valence electrons. The van der Waals surface area contributed by atoms with Crippen molar-refractivity contribution in [2.45, 2.75) is 125 Å². The second-order valence-corrected chi connectivity index (χ2v) is 11.5. The monoisotopic (exact) mass is 498 g/mol. The third-order valence-electron chi connectivity index (χ3n) is 5.22. The van der Waals surface area contributed by atoms with Crippen molar-refractivity contribution in [2.24, 2.45) is 11.8 Å². The molecule has 0 unspecified atom stereocenters. The molecule has 0 saturated heterocycles. The Balaban J connectivity index is 6.15. The van der Waals surface area contributed by atoms with Gasteiger partial charge in [-0.2, -0.15) is 0 Å². The molecule has 0 saturated carbocycles. The summed E-state index contributed by atoms with van der Waals surface area (Å²) in [6.07, 6.45) is 4.77. The van der Waals surface area contributed by atoms with Crippen molar-refractivity contribution in [2.75, 3.05) is 6.61 Å². The van der Waals surface area contributed by atoms with Gasteiger partial charge in [-0.05, 0) is 72.8 Å². The first-order chi connectivity index (χ1) is 16.0. The highest BCUT2D eigenvalue weighted by atomic mass is 16.6. The molecular weight excluding hydrogens is 448 g/mol. The van der Waals surface area contributed by atoms with Crippen molar-refractivity contribution in [1.29, 1.82) is 0 Å². The van der Waals surface area contributed by atoms with Gasteiger partial charge < -0.3 is 25.2 Å². The SMILES string of the molecule is C/C=C(\CO)[C@H](CCCCC)[C@@H](NC(=O)OC(C)(C)C)C(=O)N[C@@H](CC(C)C)C(=O)OC(C)(C)C. The fraction of sp³-hybridized carbons (Fsp3) is 0.815. The van der Waals surface area contributed by atoms with E-state index in [0.29, 0.717) is 18.4 Å². The van der Waals surface area contributed by atoms with Crippen molar-refractivity contribution in [3.63, 3.8) is 0 Å². The summed E-state index contributed by atoms with van der Waals surface area (Å²) >= 11 is 0. The first-order valence-electron chi connectivity index (χ1n) is 12.8. The zero-order valence-electron chi connectivity index (χ0n) is 23.6. The minimum absolute atomic E-state index is 0.119. The molecule has 3 N–H and O–H groups in total. The molecule has 0 aromatic rings. The normalized spacial score (nSPS) is 15.3. The first-order valence-corrected chi connectivity index (χ1v) is 12.8. The van der Waals surface area contributed by atoms with Crippen molar-refractivity contribution < 1.29 is 29.0 Å². The standard InChI is InChI=1S/C27H50N2O6/c1-11-13-14-15-20(19(12-2)17-30)22(29-25(33)35-27(8,9)10)23(31)28-21(16-18(3)4)24(32)34-26(5,6)7/h12,18,20-22,30H,11,13-17H2,1-10H3,(H,28,31)(H,29,33)/b19-12+/t20-,21-,22+/m0/s1. The van der Waals surface area contributed by atoms with Crippen LogP contribution in [0.2, 0.25) is 0 Å². The summed E-state index contributed by atoms with van der Waals surface area (Å²) in [6.45, 7) is 18.1. The molecule has 0 fully saturated rings. The van der Waals surface area contributed by atoms with Gasteiger partial charge in [0.05, 0.1) is 6.61 Å². The van der Waals surface area contributed by atoms with Gasteiger partial charge in [-0.25, -0.2) is 9.59 Å². The summed E-state index contributed by atoms with van der Waals surface area (Å²) in [5.74, 6) is -1.37. The van der Waals surface area contributed by atoms with Gasteiger partial charge in [-0.1, -0.05) is 46.1 Å². The molecule has 0 heterocycles. The van der Waals surface area contributed by atoms with Gasteiger partial charge >= 0.3 is 12.1 Å².